The highest BCUT2D eigenvalue weighted by Crippen LogP contribution is 2.25. The fourth-order valence-electron chi connectivity index (χ4n) is 2.09. The molecule has 1 fully saturated rings. The molecule has 86 valence electrons. The SMILES string of the molecule is O=C(O)c1cc(I)ccc1N1CCCCC1. The van der Waals surface area contributed by atoms with Crippen LogP contribution in [0.3, 0.4) is 0 Å². The van der Waals surface area contributed by atoms with Gasteiger partial charge in [-0.1, -0.05) is 0 Å². The van der Waals surface area contributed by atoms with Crippen molar-refractivity contribution < 1.29 is 9.90 Å². The first-order chi connectivity index (χ1) is 7.68. The van der Waals surface area contributed by atoms with E-state index in [-0.39, 0.29) is 0 Å². The highest BCUT2D eigenvalue weighted by atomic mass is 127. The standard InChI is InChI=1S/C12H14INO2/c13-9-4-5-11(10(8-9)12(15)16)14-6-2-1-3-7-14/h4-5,8H,1-3,6-7H2,(H,15,16). The second-order valence-electron chi connectivity index (χ2n) is 4.01. The van der Waals surface area contributed by atoms with Gasteiger partial charge in [-0.3, -0.25) is 0 Å². The van der Waals surface area contributed by atoms with Gasteiger partial charge in [-0.15, -0.1) is 0 Å². The van der Waals surface area contributed by atoms with E-state index in [0.717, 1.165) is 35.2 Å². The van der Waals surface area contributed by atoms with Gasteiger partial charge in [-0.2, -0.15) is 0 Å². The number of piperidine rings is 1. The summed E-state index contributed by atoms with van der Waals surface area (Å²) in [6, 6.07) is 5.64. The maximum atomic E-state index is 11.2. The van der Waals surface area contributed by atoms with Crippen LogP contribution in [0.15, 0.2) is 18.2 Å². The molecule has 16 heavy (non-hydrogen) atoms. The van der Waals surface area contributed by atoms with Crippen LogP contribution >= 0.6 is 22.6 Å². The number of nitrogens with zero attached hydrogens (tertiary/aromatic N) is 1. The number of aromatic carboxylic acids is 1. The van der Waals surface area contributed by atoms with Crippen molar-refractivity contribution >= 4 is 34.2 Å². The second kappa shape index (κ2) is 5.03. The summed E-state index contributed by atoms with van der Waals surface area (Å²) >= 11 is 2.14. The van der Waals surface area contributed by atoms with Crippen molar-refractivity contribution in [3.63, 3.8) is 0 Å². The summed E-state index contributed by atoms with van der Waals surface area (Å²) in [5, 5.41) is 9.19. The van der Waals surface area contributed by atoms with Crippen LogP contribution in [0.2, 0.25) is 0 Å². The summed E-state index contributed by atoms with van der Waals surface area (Å²) < 4.78 is 0.968. The van der Waals surface area contributed by atoms with Crippen molar-refractivity contribution in [1.29, 1.82) is 0 Å². The molecule has 0 unspecified atom stereocenters. The van der Waals surface area contributed by atoms with Gasteiger partial charge in [0, 0.05) is 16.7 Å². The first kappa shape index (κ1) is 11.7. The van der Waals surface area contributed by atoms with Crippen LogP contribution in [0.25, 0.3) is 0 Å². The van der Waals surface area contributed by atoms with Crippen molar-refractivity contribution in [3.05, 3.63) is 27.3 Å². The molecule has 0 amide bonds. The third-order valence-electron chi connectivity index (χ3n) is 2.89. The Balaban J connectivity index is 2.34. The number of anilines is 1. The molecule has 0 radical (unpaired) electrons. The lowest BCUT2D eigenvalue weighted by Gasteiger charge is -2.29. The van der Waals surface area contributed by atoms with Gasteiger partial charge < -0.3 is 10.0 Å². The summed E-state index contributed by atoms with van der Waals surface area (Å²) in [5.74, 6) is -0.834. The van der Waals surface area contributed by atoms with Gasteiger partial charge in [0.1, 0.15) is 0 Å². The number of hydrogen-bond acceptors (Lipinski definition) is 2. The molecule has 0 bridgehead atoms. The molecule has 1 aliphatic heterocycles. The van der Waals surface area contributed by atoms with E-state index in [1.54, 1.807) is 6.07 Å². The predicted octanol–water partition coefficient (Wildman–Crippen LogP) is 2.98. The average molecular weight is 331 g/mol. The third-order valence-corrected chi connectivity index (χ3v) is 3.56. The first-order valence-electron chi connectivity index (χ1n) is 5.46. The quantitative estimate of drug-likeness (QED) is 0.847. The van der Waals surface area contributed by atoms with Gasteiger partial charge in [0.05, 0.1) is 11.3 Å². The van der Waals surface area contributed by atoms with E-state index in [0.29, 0.717) is 5.56 Å². The topological polar surface area (TPSA) is 40.5 Å². The average Bonchev–Trinajstić information content (AvgIpc) is 2.30. The number of carboxylic acids is 1. The number of hydrogen-bond donors (Lipinski definition) is 1. The smallest absolute Gasteiger partial charge is 0.337 e. The summed E-state index contributed by atoms with van der Waals surface area (Å²) in [6.45, 7) is 1.95. The molecule has 0 saturated carbocycles. The molecule has 0 atom stereocenters. The van der Waals surface area contributed by atoms with Crippen molar-refractivity contribution in [1.82, 2.24) is 0 Å². The lowest BCUT2D eigenvalue weighted by molar-refractivity contribution is 0.0697. The molecule has 0 aromatic heterocycles. The lowest BCUT2D eigenvalue weighted by atomic mass is 10.1. The van der Waals surface area contributed by atoms with E-state index < -0.39 is 5.97 Å². The van der Waals surface area contributed by atoms with Crippen LogP contribution in [-0.2, 0) is 0 Å². The molecule has 2 rings (SSSR count). The fraction of sp³-hybridized carbons (Fsp3) is 0.417. The molecule has 1 aromatic carbocycles. The van der Waals surface area contributed by atoms with Gasteiger partial charge in [0.2, 0.25) is 0 Å². The monoisotopic (exact) mass is 331 g/mol. The van der Waals surface area contributed by atoms with E-state index in [1.807, 2.05) is 12.1 Å². The molecule has 1 N–H and O–H groups in total. The number of halogens is 1. The minimum atomic E-state index is -0.834. The van der Waals surface area contributed by atoms with Crippen LogP contribution in [-0.4, -0.2) is 24.2 Å². The number of benzene rings is 1. The third kappa shape index (κ3) is 2.48. The van der Waals surface area contributed by atoms with Crippen LogP contribution < -0.4 is 4.90 Å². The summed E-state index contributed by atoms with van der Waals surface area (Å²) in [7, 11) is 0. The molecule has 0 aliphatic carbocycles. The van der Waals surface area contributed by atoms with Crippen LogP contribution in [0.1, 0.15) is 29.6 Å². The maximum absolute atomic E-state index is 11.2. The van der Waals surface area contributed by atoms with E-state index in [2.05, 4.69) is 27.5 Å². The minimum Gasteiger partial charge on any atom is -0.478 e. The Morgan fingerprint density at radius 2 is 1.94 bits per heavy atom. The minimum absolute atomic E-state index is 0.425. The number of rotatable bonds is 2. The number of carbonyl (C=O) groups is 1. The zero-order valence-electron chi connectivity index (χ0n) is 8.95. The lowest BCUT2D eigenvalue weighted by Crippen LogP contribution is -2.30. The van der Waals surface area contributed by atoms with Crippen molar-refractivity contribution in [3.8, 4) is 0 Å². The summed E-state index contributed by atoms with van der Waals surface area (Å²) in [5.41, 5.74) is 1.29. The molecular formula is C12H14INO2. The van der Waals surface area contributed by atoms with Gasteiger partial charge in [-0.05, 0) is 60.1 Å². The number of carboxylic acid groups (broad SMARTS) is 1. The molecule has 1 aliphatic rings. The molecule has 1 heterocycles. The normalized spacial score (nSPS) is 16.2. The van der Waals surface area contributed by atoms with Crippen molar-refractivity contribution in [2.45, 2.75) is 19.3 Å². The van der Waals surface area contributed by atoms with Crippen LogP contribution in [0.4, 0.5) is 5.69 Å². The zero-order chi connectivity index (χ0) is 11.5. The highest BCUT2D eigenvalue weighted by Gasteiger charge is 2.18. The Hall–Kier alpha value is -0.780. The van der Waals surface area contributed by atoms with E-state index >= 15 is 0 Å². The van der Waals surface area contributed by atoms with Gasteiger partial charge in [-0.25, -0.2) is 4.79 Å². The Bertz CT molecular complexity index is 400. The molecule has 1 saturated heterocycles. The maximum Gasteiger partial charge on any atom is 0.337 e. The fourth-order valence-corrected chi connectivity index (χ4v) is 2.58. The Kier molecular flexibility index (Phi) is 3.68. The van der Waals surface area contributed by atoms with Crippen LogP contribution in [0, 0.1) is 3.57 Å². The first-order valence-corrected chi connectivity index (χ1v) is 6.54. The molecule has 4 heteroatoms. The largest absolute Gasteiger partial charge is 0.478 e. The van der Waals surface area contributed by atoms with Crippen molar-refractivity contribution in [2.24, 2.45) is 0 Å². The summed E-state index contributed by atoms with van der Waals surface area (Å²) in [6.07, 6.45) is 3.57. The second-order valence-corrected chi connectivity index (χ2v) is 5.26. The Morgan fingerprint density at radius 1 is 1.25 bits per heavy atom. The summed E-state index contributed by atoms with van der Waals surface area (Å²) in [4.78, 5) is 13.4. The van der Waals surface area contributed by atoms with Gasteiger partial charge in [0.15, 0.2) is 0 Å². The highest BCUT2D eigenvalue weighted by molar-refractivity contribution is 14.1. The molecule has 3 nitrogen and oxygen atoms in total. The molecule has 1 aromatic rings. The Labute approximate surface area is 109 Å². The van der Waals surface area contributed by atoms with Crippen LogP contribution in [0.5, 0.6) is 0 Å². The van der Waals surface area contributed by atoms with Crippen molar-refractivity contribution in [2.75, 3.05) is 18.0 Å². The van der Waals surface area contributed by atoms with Gasteiger partial charge in [0.25, 0.3) is 0 Å². The van der Waals surface area contributed by atoms with Gasteiger partial charge >= 0.3 is 5.97 Å². The van der Waals surface area contributed by atoms with E-state index in [9.17, 15) is 9.90 Å². The van der Waals surface area contributed by atoms with E-state index in [1.165, 1.54) is 6.42 Å². The zero-order valence-corrected chi connectivity index (χ0v) is 11.1. The Morgan fingerprint density at radius 3 is 2.56 bits per heavy atom. The van der Waals surface area contributed by atoms with E-state index in [4.69, 9.17) is 0 Å². The predicted molar refractivity (Wildman–Crippen MR) is 72.2 cm³/mol. The molecule has 0 spiro atoms. The molecular weight excluding hydrogens is 317 g/mol.